The number of carbonyl (C=O) groups excluding carboxylic acids is 2. The number of esters is 2. The van der Waals surface area contributed by atoms with E-state index < -0.39 is 6.10 Å². The van der Waals surface area contributed by atoms with Gasteiger partial charge in [-0.1, -0.05) is 243 Å². The van der Waals surface area contributed by atoms with Crippen molar-refractivity contribution >= 4 is 11.9 Å². The largest absolute Gasteiger partial charge is 0.462 e. The molecule has 350 valence electrons. The molecule has 0 aliphatic rings. The Bertz CT molecular complexity index is 997. The van der Waals surface area contributed by atoms with Gasteiger partial charge in [0.05, 0.1) is 6.61 Å². The molecule has 0 aromatic rings. The lowest BCUT2D eigenvalue weighted by atomic mass is 10.0. The van der Waals surface area contributed by atoms with Crippen LogP contribution in [0.3, 0.4) is 0 Å². The van der Waals surface area contributed by atoms with Crippen molar-refractivity contribution in [1.82, 2.24) is 0 Å². The highest BCUT2D eigenvalue weighted by Gasteiger charge is 2.17. The fraction of sp³-hybridized carbons (Fsp3) is 0.818. The Kier molecular flexibility index (Phi) is 49.4. The SMILES string of the molecule is CC/C=C\C/C=C\C/C=C\C/C=C\CCCCCCCCCOCC(COC(=O)CCCCCCCCCCCCCCCCCCCCC)OC(=O)CCCCCCC. The van der Waals surface area contributed by atoms with Crippen molar-refractivity contribution in [3.8, 4) is 0 Å². The summed E-state index contributed by atoms with van der Waals surface area (Å²) in [6.45, 7) is 7.66. The van der Waals surface area contributed by atoms with Crippen LogP contribution in [0, 0.1) is 0 Å². The zero-order valence-corrected chi connectivity index (χ0v) is 40.2. The Morgan fingerprint density at radius 1 is 0.383 bits per heavy atom. The zero-order valence-electron chi connectivity index (χ0n) is 40.2. The molecular formula is C55H100O5. The molecule has 5 heteroatoms. The Labute approximate surface area is 373 Å². The maximum atomic E-state index is 12.6. The summed E-state index contributed by atoms with van der Waals surface area (Å²) >= 11 is 0. The number of allylic oxidation sites excluding steroid dienone is 8. The number of ether oxygens (including phenoxy) is 3. The molecule has 0 radical (unpaired) electrons. The standard InChI is InChI=1S/C55H100O5/c1-4-7-10-13-15-17-19-21-23-25-27-29-31-33-35-37-39-41-44-47-50-58-51-53(60-55(57)49-46-42-12-9-6-3)52-59-54(56)48-45-43-40-38-36-34-32-30-28-26-24-22-20-18-16-14-11-8-5-2/h7,10,15,17,21,23,27,29,53H,4-6,8-9,11-14,16,18-20,22,24-26,28,30-52H2,1-3H3/b10-7-,17-15-,23-21-,29-27-. The van der Waals surface area contributed by atoms with E-state index in [2.05, 4.69) is 69.4 Å². The predicted octanol–water partition coefficient (Wildman–Crippen LogP) is 17.6. The van der Waals surface area contributed by atoms with Crippen LogP contribution in [0.1, 0.15) is 265 Å². The van der Waals surface area contributed by atoms with E-state index in [0.717, 1.165) is 70.6 Å². The van der Waals surface area contributed by atoms with E-state index in [-0.39, 0.29) is 25.2 Å². The smallest absolute Gasteiger partial charge is 0.306 e. The molecule has 1 unspecified atom stereocenters. The lowest BCUT2D eigenvalue weighted by Gasteiger charge is -2.18. The molecule has 0 aromatic carbocycles. The third-order valence-electron chi connectivity index (χ3n) is 11.4. The lowest BCUT2D eigenvalue weighted by molar-refractivity contribution is -0.163. The fourth-order valence-electron chi connectivity index (χ4n) is 7.50. The van der Waals surface area contributed by atoms with E-state index >= 15 is 0 Å². The van der Waals surface area contributed by atoms with Crippen molar-refractivity contribution < 1.29 is 23.8 Å². The van der Waals surface area contributed by atoms with Gasteiger partial charge >= 0.3 is 11.9 Å². The summed E-state index contributed by atoms with van der Waals surface area (Å²) in [5, 5.41) is 0. The van der Waals surface area contributed by atoms with Crippen LogP contribution in [-0.2, 0) is 23.8 Å². The van der Waals surface area contributed by atoms with Crippen LogP contribution in [0.2, 0.25) is 0 Å². The van der Waals surface area contributed by atoms with E-state index in [4.69, 9.17) is 14.2 Å². The van der Waals surface area contributed by atoms with Crippen molar-refractivity contribution in [3.05, 3.63) is 48.6 Å². The topological polar surface area (TPSA) is 61.8 Å². The van der Waals surface area contributed by atoms with Gasteiger partial charge in [0.1, 0.15) is 6.61 Å². The number of hydrogen-bond donors (Lipinski definition) is 0. The molecule has 0 aliphatic heterocycles. The van der Waals surface area contributed by atoms with Gasteiger partial charge in [0.15, 0.2) is 6.10 Å². The second-order valence-corrected chi connectivity index (χ2v) is 17.4. The molecule has 5 nitrogen and oxygen atoms in total. The third kappa shape index (κ3) is 48.5. The van der Waals surface area contributed by atoms with Gasteiger partial charge < -0.3 is 14.2 Å². The molecule has 0 amide bonds. The molecule has 0 spiro atoms. The number of rotatable bonds is 48. The summed E-state index contributed by atoms with van der Waals surface area (Å²) in [4.78, 5) is 25.1. The average molecular weight is 841 g/mol. The Balaban J connectivity index is 3.99. The molecule has 0 aliphatic carbocycles. The van der Waals surface area contributed by atoms with Crippen molar-refractivity contribution in [1.29, 1.82) is 0 Å². The lowest BCUT2D eigenvalue weighted by Crippen LogP contribution is -2.30. The highest BCUT2D eigenvalue weighted by atomic mass is 16.6. The Morgan fingerprint density at radius 2 is 0.750 bits per heavy atom. The number of hydrogen-bond acceptors (Lipinski definition) is 5. The van der Waals surface area contributed by atoms with E-state index in [0.29, 0.717) is 19.4 Å². The van der Waals surface area contributed by atoms with Crippen LogP contribution in [0.15, 0.2) is 48.6 Å². The van der Waals surface area contributed by atoms with Gasteiger partial charge in [0.2, 0.25) is 0 Å². The zero-order chi connectivity index (χ0) is 43.5. The van der Waals surface area contributed by atoms with Gasteiger partial charge in [-0.15, -0.1) is 0 Å². The van der Waals surface area contributed by atoms with Crippen LogP contribution >= 0.6 is 0 Å². The Hall–Kier alpha value is -2.14. The third-order valence-corrected chi connectivity index (χ3v) is 11.4. The minimum absolute atomic E-state index is 0.0838. The molecule has 0 bridgehead atoms. The van der Waals surface area contributed by atoms with E-state index in [1.54, 1.807) is 0 Å². The maximum absolute atomic E-state index is 12.6. The normalized spacial score (nSPS) is 12.5. The monoisotopic (exact) mass is 841 g/mol. The van der Waals surface area contributed by atoms with Crippen molar-refractivity contribution in [2.75, 3.05) is 19.8 Å². The molecule has 0 N–H and O–H groups in total. The first-order chi connectivity index (χ1) is 29.6. The highest BCUT2D eigenvalue weighted by Crippen LogP contribution is 2.16. The summed E-state index contributed by atoms with van der Waals surface area (Å²) in [7, 11) is 0. The maximum Gasteiger partial charge on any atom is 0.306 e. The summed E-state index contributed by atoms with van der Waals surface area (Å²) in [6, 6.07) is 0. The summed E-state index contributed by atoms with van der Waals surface area (Å²) < 4.78 is 17.3. The molecule has 1 atom stereocenters. The summed E-state index contributed by atoms with van der Waals surface area (Å²) in [5.74, 6) is -0.405. The van der Waals surface area contributed by atoms with Crippen LogP contribution in [0.25, 0.3) is 0 Å². The van der Waals surface area contributed by atoms with Crippen molar-refractivity contribution in [2.24, 2.45) is 0 Å². The molecule has 0 aromatic heterocycles. The quantitative estimate of drug-likeness (QED) is 0.0347. The van der Waals surface area contributed by atoms with Gasteiger partial charge in [0.25, 0.3) is 0 Å². The Morgan fingerprint density at radius 3 is 1.20 bits per heavy atom. The molecule has 0 heterocycles. The minimum Gasteiger partial charge on any atom is -0.462 e. The minimum atomic E-state index is -0.535. The predicted molar refractivity (Wildman–Crippen MR) is 261 cm³/mol. The molecular weight excluding hydrogens is 741 g/mol. The first-order valence-corrected chi connectivity index (χ1v) is 26.2. The van der Waals surface area contributed by atoms with Gasteiger partial charge in [-0.3, -0.25) is 9.59 Å². The van der Waals surface area contributed by atoms with E-state index in [1.807, 2.05) is 0 Å². The van der Waals surface area contributed by atoms with Gasteiger partial charge in [-0.25, -0.2) is 0 Å². The van der Waals surface area contributed by atoms with Gasteiger partial charge in [-0.2, -0.15) is 0 Å². The molecule has 60 heavy (non-hydrogen) atoms. The van der Waals surface area contributed by atoms with Gasteiger partial charge in [0, 0.05) is 19.4 Å². The average Bonchev–Trinajstić information content (AvgIpc) is 3.25. The van der Waals surface area contributed by atoms with Crippen LogP contribution in [-0.4, -0.2) is 37.9 Å². The van der Waals surface area contributed by atoms with E-state index in [9.17, 15) is 9.59 Å². The molecule has 0 fully saturated rings. The second-order valence-electron chi connectivity index (χ2n) is 17.4. The van der Waals surface area contributed by atoms with Crippen LogP contribution in [0.4, 0.5) is 0 Å². The van der Waals surface area contributed by atoms with Crippen LogP contribution < -0.4 is 0 Å². The molecule has 0 rings (SSSR count). The molecule has 0 saturated carbocycles. The first kappa shape index (κ1) is 57.9. The first-order valence-electron chi connectivity index (χ1n) is 26.2. The van der Waals surface area contributed by atoms with E-state index in [1.165, 1.54) is 161 Å². The van der Waals surface area contributed by atoms with Gasteiger partial charge in [-0.05, 0) is 57.8 Å². The molecule has 0 saturated heterocycles. The fourth-order valence-corrected chi connectivity index (χ4v) is 7.50. The van der Waals surface area contributed by atoms with Crippen molar-refractivity contribution in [2.45, 2.75) is 271 Å². The second kappa shape index (κ2) is 51.2. The number of unbranched alkanes of at least 4 members (excludes halogenated alkanes) is 29. The van der Waals surface area contributed by atoms with Crippen LogP contribution in [0.5, 0.6) is 0 Å². The summed E-state index contributed by atoms with van der Waals surface area (Å²) in [6.07, 6.45) is 63.0. The highest BCUT2D eigenvalue weighted by molar-refractivity contribution is 5.70. The summed E-state index contributed by atoms with van der Waals surface area (Å²) in [5.41, 5.74) is 0. The number of carbonyl (C=O) groups is 2. The van der Waals surface area contributed by atoms with Crippen molar-refractivity contribution in [3.63, 3.8) is 0 Å².